The molecule has 2 amide bonds. The molecule has 2 aromatic rings. The Morgan fingerprint density at radius 1 is 1.08 bits per heavy atom. The maximum atomic E-state index is 12.7. The van der Waals surface area contributed by atoms with E-state index >= 15 is 0 Å². The molecule has 1 atom stereocenters. The van der Waals surface area contributed by atoms with Crippen LogP contribution in [0.1, 0.15) is 16.7 Å². The van der Waals surface area contributed by atoms with Crippen LogP contribution in [0.15, 0.2) is 60.7 Å². The van der Waals surface area contributed by atoms with Gasteiger partial charge in [0.05, 0.1) is 6.61 Å². The van der Waals surface area contributed by atoms with E-state index in [1.807, 2.05) is 48.5 Å². The molecule has 5 heteroatoms. The lowest BCUT2D eigenvalue weighted by molar-refractivity contribution is -0.137. The molecule has 1 aliphatic rings. The third kappa shape index (κ3) is 4.37. The normalized spacial score (nSPS) is 14.7. The molecular weight excluding hydrogens is 328 g/mol. The van der Waals surface area contributed by atoms with Gasteiger partial charge in [0.15, 0.2) is 0 Å². The average Bonchev–Trinajstić information content (AvgIpc) is 2.70. The summed E-state index contributed by atoms with van der Waals surface area (Å²) in [5, 5.41) is 12.2. The quantitative estimate of drug-likeness (QED) is 0.808. The Labute approximate surface area is 153 Å². The number of carbonyl (C=O) groups excluding carboxylic acids is 2. The summed E-state index contributed by atoms with van der Waals surface area (Å²) >= 11 is 0. The number of amides is 2. The van der Waals surface area contributed by atoms with Gasteiger partial charge in [0.2, 0.25) is 11.8 Å². The van der Waals surface area contributed by atoms with Gasteiger partial charge in [0.25, 0.3) is 0 Å². The van der Waals surface area contributed by atoms with Crippen LogP contribution in [-0.2, 0) is 22.6 Å². The van der Waals surface area contributed by atoms with Gasteiger partial charge in [0.1, 0.15) is 6.04 Å². The first-order valence-electron chi connectivity index (χ1n) is 8.67. The Hall–Kier alpha value is -2.92. The molecule has 2 aromatic carbocycles. The van der Waals surface area contributed by atoms with Crippen molar-refractivity contribution in [2.24, 2.45) is 0 Å². The molecule has 2 N–H and O–H groups in total. The van der Waals surface area contributed by atoms with Crippen LogP contribution in [0.4, 0.5) is 0 Å². The fourth-order valence-corrected chi connectivity index (χ4v) is 3.05. The highest BCUT2D eigenvalue weighted by atomic mass is 16.3. The molecule has 0 aliphatic carbocycles. The average molecular weight is 350 g/mol. The molecule has 1 aliphatic heterocycles. The number of hydrogen-bond donors (Lipinski definition) is 2. The van der Waals surface area contributed by atoms with Crippen LogP contribution in [-0.4, -0.2) is 41.0 Å². The van der Waals surface area contributed by atoms with Gasteiger partial charge in [-0.25, -0.2) is 0 Å². The van der Waals surface area contributed by atoms with E-state index in [1.165, 1.54) is 11.6 Å². The van der Waals surface area contributed by atoms with Crippen molar-refractivity contribution in [2.45, 2.75) is 19.0 Å². The highest BCUT2D eigenvalue weighted by Crippen LogP contribution is 2.19. The van der Waals surface area contributed by atoms with Gasteiger partial charge in [-0.2, -0.15) is 0 Å². The molecule has 0 saturated heterocycles. The second-order valence-electron chi connectivity index (χ2n) is 6.27. The smallest absolute Gasteiger partial charge is 0.247 e. The topological polar surface area (TPSA) is 69.6 Å². The second-order valence-corrected chi connectivity index (χ2v) is 6.27. The summed E-state index contributed by atoms with van der Waals surface area (Å²) in [5.74, 6) is -0.665. The molecule has 134 valence electrons. The third-order valence-corrected chi connectivity index (χ3v) is 4.47. The number of nitrogens with one attached hydrogen (secondary N) is 1. The van der Waals surface area contributed by atoms with E-state index in [9.17, 15) is 14.7 Å². The van der Waals surface area contributed by atoms with Crippen molar-refractivity contribution in [1.82, 2.24) is 10.2 Å². The van der Waals surface area contributed by atoms with Gasteiger partial charge >= 0.3 is 0 Å². The molecule has 0 aromatic heterocycles. The lowest BCUT2D eigenvalue weighted by Gasteiger charge is -2.31. The van der Waals surface area contributed by atoms with Crippen molar-refractivity contribution >= 4 is 17.9 Å². The third-order valence-electron chi connectivity index (χ3n) is 4.47. The number of aliphatic hydroxyl groups is 1. The van der Waals surface area contributed by atoms with E-state index in [4.69, 9.17) is 0 Å². The Kier molecular flexibility index (Phi) is 5.81. The summed E-state index contributed by atoms with van der Waals surface area (Å²) in [7, 11) is 0. The Bertz CT molecular complexity index is 802. The second kappa shape index (κ2) is 8.45. The maximum Gasteiger partial charge on any atom is 0.247 e. The number of nitrogens with zero attached hydrogens (tertiary/aromatic N) is 1. The number of fused-ring (bicyclic) bond motifs is 1. The Morgan fingerprint density at radius 3 is 2.50 bits per heavy atom. The van der Waals surface area contributed by atoms with Crippen LogP contribution in [0, 0.1) is 0 Å². The van der Waals surface area contributed by atoms with Gasteiger partial charge in [-0.1, -0.05) is 54.6 Å². The first kappa shape index (κ1) is 17.9. The summed E-state index contributed by atoms with van der Waals surface area (Å²) in [6, 6.07) is 16.5. The maximum absolute atomic E-state index is 12.7. The van der Waals surface area contributed by atoms with Crippen LogP contribution in [0.25, 0.3) is 6.08 Å². The number of aliphatic hydroxyl groups excluding tert-OH is 1. The van der Waals surface area contributed by atoms with Crippen molar-refractivity contribution in [1.29, 1.82) is 0 Å². The summed E-state index contributed by atoms with van der Waals surface area (Å²) in [5.41, 5.74) is 3.24. The zero-order valence-electron chi connectivity index (χ0n) is 14.5. The first-order valence-corrected chi connectivity index (χ1v) is 8.67. The molecule has 26 heavy (non-hydrogen) atoms. The first-order chi connectivity index (χ1) is 12.7. The molecule has 0 saturated carbocycles. The molecule has 0 fully saturated rings. The van der Waals surface area contributed by atoms with Gasteiger partial charge < -0.3 is 15.3 Å². The Morgan fingerprint density at radius 2 is 1.77 bits per heavy atom. The minimum Gasteiger partial charge on any atom is -0.394 e. The number of benzene rings is 2. The number of hydrogen-bond acceptors (Lipinski definition) is 3. The summed E-state index contributed by atoms with van der Waals surface area (Å²) in [4.78, 5) is 26.5. The zero-order chi connectivity index (χ0) is 18.4. The standard InChI is InChI=1S/C21H22N2O3/c24-15-19(22-20(25)11-10-16-6-2-1-3-7-16)21(26)23-13-12-17-8-4-5-9-18(17)14-23/h1-11,19,24H,12-15H2,(H,22,25)/t19-/m0/s1. The highest BCUT2D eigenvalue weighted by molar-refractivity contribution is 5.95. The van der Waals surface area contributed by atoms with E-state index in [0.717, 1.165) is 17.5 Å². The van der Waals surface area contributed by atoms with E-state index < -0.39 is 18.6 Å². The van der Waals surface area contributed by atoms with Gasteiger partial charge in [-0.15, -0.1) is 0 Å². The molecule has 0 radical (unpaired) electrons. The van der Waals surface area contributed by atoms with Gasteiger partial charge in [-0.3, -0.25) is 9.59 Å². The van der Waals surface area contributed by atoms with Crippen molar-refractivity contribution in [3.8, 4) is 0 Å². The number of carbonyl (C=O) groups is 2. The lowest BCUT2D eigenvalue weighted by Crippen LogP contribution is -2.51. The molecule has 0 bridgehead atoms. The molecule has 0 unspecified atom stereocenters. The van der Waals surface area contributed by atoms with Crippen molar-refractivity contribution in [2.75, 3.05) is 13.2 Å². The summed E-state index contributed by atoms with van der Waals surface area (Å²) in [6.07, 6.45) is 3.82. The molecular formula is C21H22N2O3. The van der Waals surface area contributed by atoms with Crippen LogP contribution in [0.3, 0.4) is 0 Å². The van der Waals surface area contributed by atoms with E-state index in [1.54, 1.807) is 11.0 Å². The van der Waals surface area contributed by atoms with Crippen LogP contribution >= 0.6 is 0 Å². The minimum atomic E-state index is -0.937. The van der Waals surface area contributed by atoms with Crippen molar-refractivity contribution < 1.29 is 14.7 Å². The highest BCUT2D eigenvalue weighted by Gasteiger charge is 2.27. The molecule has 0 spiro atoms. The number of rotatable bonds is 5. The lowest BCUT2D eigenvalue weighted by atomic mass is 9.99. The Balaban J connectivity index is 1.61. The minimum absolute atomic E-state index is 0.261. The molecule has 3 rings (SSSR count). The predicted molar refractivity (Wildman–Crippen MR) is 100 cm³/mol. The van der Waals surface area contributed by atoms with E-state index in [2.05, 4.69) is 11.4 Å². The van der Waals surface area contributed by atoms with Crippen molar-refractivity contribution in [3.05, 3.63) is 77.4 Å². The van der Waals surface area contributed by atoms with Gasteiger partial charge in [0, 0.05) is 19.2 Å². The van der Waals surface area contributed by atoms with E-state index in [-0.39, 0.29) is 5.91 Å². The summed E-state index contributed by atoms with van der Waals surface area (Å²) in [6.45, 7) is 0.658. The fraction of sp³-hybridized carbons (Fsp3) is 0.238. The fourth-order valence-electron chi connectivity index (χ4n) is 3.05. The monoisotopic (exact) mass is 350 g/mol. The molecule has 5 nitrogen and oxygen atoms in total. The van der Waals surface area contributed by atoms with Crippen LogP contribution in [0.5, 0.6) is 0 Å². The van der Waals surface area contributed by atoms with E-state index in [0.29, 0.717) is 13.1 Å². The van der Waals surface area contributed by atoms with Gasteiger partial charge in [-0.05, 0) is 29.2 Å². The summed E-state index contributed by atoms with van der Waals surface area (Å²) < 4.78 is 0. The van der Waals surface area contributed by atoms with Crippen LogP contribution < -0.4 is 5.32 Å². The van der Waals surface area contributed by atoms with Crippen molar-refractivity contribution in [3.63, 3.8) is 0 Å². The largest absolute Gasteiger partial charge is 0.394 e. The van der Waals surface area contributed by atoms with Crippen LogP contribution in [0.2, 0.25) is 0 Å². The SMILES string of the molecule is O=C(C=Cc1ccccc1)N[C@@H](CO)C(=O)N1CCc2ccccc2C1. The predicted octanol–water partition coefficient (Wildman–Crippen LogP) is 1.76. The molecule has 1 heterocycles. The zero-order valence-corrected chi connectivity index (χ0v) is 14.5.